The summed E-state index contributed by atoms with van der Waals surface area (Å²) in [6, 6.07) is 0. The zero-order chi connectivity index (χ0) is 20.7. The topological polar surface area (TPSA) is 105 Å². The fourth-order valence-corrected chi connectivity index (χ4v) is 1.73. The molecule has 0 amide bonds. The summed E-state index contributed by atoms with van der Waals surface area (Å²) in [6.45, 7) is 7.05. The van der Waals surface area contributed by atoms with Crippen molar-refractivity contribution in [2.24, 2.45) is 0 Å². The summed E-state index contributed by atoms with van der Waals surface area (Å²) in [7, 11) is 4.02. The first-order valence-electron chi connectivity index (χ1n) is 9.53. The van der Waals surface area contributed by atoms with E-state index in [1.54, 1.807) is 0 Å². The van der Waals surface area contributed by atoms with Crippen LogP contribution in [0.2, 0.25) is 0 Å². The summed E-state index contributed by atoms with van der Waals surface area (Å²) in [5.41, 5.74) is 0. The number of carboxylic acid groups (broad SMARTS) is 1. The Morgan fingerprint density at radius 2 is 0.857 bits per heavy atom. The van der Waals surface area contributed by atoms with Crippen molar-refractivity contribution in [3.63, 3.8) is 0 Å². The number of carbonyl (C=O) groups is 1. The average molecular weight is 411 g/mol. The first-order valence-corrected chi connectivity index (χ1v) is 9.53. The minimum absolute atomic E-state index is 0.255. The molecule has 0 saturated heterocycles. The minimum Gasteiger partial charge on any atom is -0.480 e. The van der Waals surface area contributed by atoms with Crippen LogP contribution in [-0.2, 0) is 38.0 Å². The molecule has 28 heavy (non-hydrogen) atoms. The van der Waals surface area contributed by atoms with Gasteiger partial charge in [-0.25, -0.2) is 4.79 Å². The highest BCUT2D eigenvalue weighted by Crippen LogP contribution is 1.85. The first kappa shape index (κ1) is 27.1. The van der Waals surface area contributed by atoms with Crippen molar-refractivity contribution in [1.29, 1.82) is 0 Å². The lowest BCUT2D eigenvalue weighted by molar-refractivity contribution is -0.142. The van der Waals surface area contributed by atoms with Gasteiger partial charge in [0.2, 0.25) is 0 Å². The molecular formula is C18H37NO9. The molecule has 10 nitrogen and oxygen atoms in total. The molecule has 168 valence electrons. The molecule has 0 aromatic heterocycles. The molecular weight excluding hydrogens is 374 g/mol. The van der Waals surface area contributed by atoms with E-state index >= 15 is 0 Å². The second-order valence-electron chi connectivity index (χ2n) is 5.92. The highest BCUT2D eigenvalue weighted by molar-refractivity contribution is 5.67. The van der Waals surface area contributed by atoms with E-state index in [2.05, 4.69) is 4.90 Å². The fraction of sp³-hybridized carbons (Fsp3) is 0.944. The summed E-state index contributed by atoms with van der Waals surface area (Å²) in [5.74, 6) is -0.987. The Bertz CT molecular complexity index is 332. The Balaban J connectivity index is 3.00. The van der Waals surface area contributed by atoms with Gasteiger partial charge in [0.15, 0.2) is 0 Å². The normalized spacial score (nSPS) is 11.4. The number of nitrogens with zero attached hydrogens (tertiary/aromatic N) is 1. The largest absolute Gasteiger partial charge is 0.480 e. The summed E-state index contributed by atoms with van der Waals surface area (Å²) >= 11 is 0. The molecule has 0 radical (unpaired) electrons. The zero-order valence-corrected chi connectivity index (χ0v) is 17.3. The average Bonchev–Trinajstić information content (AvgIpc) is 2.65. The molecule has 0 aromatic carbocycles. The molecule has 0 aromatic rings. The van der Waals surface area contributed by atoms with Crippen LogP contribution in [0, 0.1) is 0 Å². The maximum atomic E-state index is 10.2. The van der Waals surface area contributed by atoms with E-state index in [-0.39, 0.29) is 13.2 Å². The van der Waals surface area contributed by atoms with E-state index in [0.29, 0.717) is 79.3 Å². The molecule has 0 aliphatic rings. The van der Waals surface area contributed by atoms with Gasteiger partial charge in [-0.1, -0.05) is 0 Å². The summed E-state index contributed by atoms with van der Waals surface area (Å²) < 4.78 is 36.9. The second kappa shape index (κ2) is 22.4. The van der Waals surface area contributed by atoms with Crippen molar-refractivity contribution in [2.75, 3.05) is 113 Å². The number of rotatable bonds is 23. The van der Waals surface area contributed by atoms with Crippen LogP contribution >= 0.6 is 0 Å². The van der Waals surface area contributed by atoms with Crippen LogP contribution in [0.1, 0.15) is 0 Å². The minimum atomic E-state index is -0.987. The van der Waals surface area contributed by atoms with Gasteiger partial charge in [0.1, 0.15) is 6.61 Å². The number of carboxylic acids is 1. The van der Waals surface area contributed by atoms with E-state index in [1.807, 2.05) is 14.1 Å². The van der Waals surface area contributed by atoms with Gasteiger partial charge < -0.3 is 43.2 Å². The van der Waals surface area contributed by atoms with Crippen molar-refractivity contribution in [3.05, 3.63) is 0 Å². The van der Waals surface area contributed by atoms with E-state index < -0.39 is 5.97 Å². The van der Waals surface area contributed by atoms with E-state index in [9.17, 15) is 4.79 Å². The van der Waals surface area contributed by atoms with Gasteiger partial charge in [-0.15, -0.1) is 0 Å². The molecule has 0 unspecified atom stereocenters. The molecule has 0 rings (SSSR count). The summed E-state index contributed by atoms with van der Waals surface area (Å²) in [4.78, 5) is 12.3. The molecule has 1 N–H and O–H groups in total. The van der Waals surface area contributed by atoms with Crippen LogP contribution in [0.15, 0.2) is 0 Å². The number of hydrogen-bond acceptors (Lipinski definition) is 9. The van der Waals surface area contributed by atoms with Crippen LogP contribution in [0.4, 0.5) is 0 Å². The number of ether oxygens (including phenoxy) is 7. The Morgan fingerprint density at radius 3 is 1.14 bits per heavy atom. The van der Waals surface area contributed by atoms with Gasteiger partial charge in [0.05, 0.1) is 85.9 Å². The monoisotopic (exact) mass is 411 g/mol. The van der Waals surface area contributed by atoms with Crippen molar-refractivity contribution >= 4 is 5.97 Å². The van der Waals surface area contributed by atoms with Gasteiger partial charge in [-0.2, -0.15) is 0 Å². The predicted molar refractivity (Wildman–Crippen MR) is 102 cm³/mol. The van der Waals surface area contributed by atoms with E-state index in [0.717, 1.165) is 6.54 Å². The van der Waals surface area contributed by atoms with Crippen LogP contribution in [0.3, 0.4) is 0 Å². The van der Waals surface area contributed by atoms with Crippen molar-refractivity contribution in [2.45, 2.75) is 0 Å². The summed E-state index contributed by atoms with van der Waals surface area (Å²) in [6.07, 6.45) is 0. The van der Waals surface area contributed by atoms with Crippen LogP contribution in [-0.4, -0.2) is 129 Å². The van der Waals surface area contributed by atoms with Crippen LogP contribution in [0.25, 0.3) is 0 Å². The molecule has 0 heterocycles. The summed E-state index contributed by atoms with van der Waals surface area (Å²) in [5, 5.41) is 8.37. The van der Waals surface area contributed by atoms with Gasteiger partial charge in [-0.3, -0.25) is 0 Å². The number of aliphatic carboxylic acids is 1. The number of likely N-dealkylation sites (N-methyl/N-ethyl adjacent to an activating group) is 1. The van der Waals surface area contributed by atoms with Crippen molar-refractivity contribution in [3.8, 4) is 0 Å². The SMILES string of the molecule is CN(C)CCOCCOCCOCCOCCOCCOCCOCC(=O)O. The second-order valence-corrected chi connectivity index (χ2v) is 5.92. The maximum Gasteiger partial charge on any atom is 0.329 e. The van der Waals surface area contributed by atoms with Gasteiger partial charge in [-0.05, 0) is 14.1 Å². The molecule has 0 spiro atoms. The first-order chi connectivity index (χ1) is 13.6. The highest BCUT2D eigenvalue weighted by atomic mass is 16.6. The molecule has 0 atom stereocenters. The molecule has 0 bridgehead atoms. The maximum absolute atomic E-state index is 10.2. The van der Waals surface area contributed by atoms with E-state index in [1.165, 1.54) is 0 Å². The molecule has 0 saturated carbocycles. The zero-order valence-electron chi connectivity index (χ0n) is 17.3. The van der Waals surface area contributed by atoms with Crippen molar-refractivity contribution < 1.29 is 43.1 Å². The molecule has 0 aliphatic carbocycles. The number of hydrogen-bond donors (Lipinski definition) is 1. The highest BCUT2D eigenvalue weighted by Gasteiger charge is 1.97. The molecule has 0 fully saturated rings. The third kappa shape index (κ3) is 25.1. The lowest BCUT2D eigenvalue weighted by Gasteiger charge is -2.10. The third-order valence-electron chi connectivity index (χ3n) is 3.14. The van der Waals surface area contributed by atoms with Gasteiger partial charge in [0.25, 0.3) is 0 Å². The fourth-order valence-electron chi connectivity index (χ4n) is 1.73. The predicted octanol–water partition coefficient (Wildman–Crippen LogP) is -0.251. The third-order valence-corrected chi connectivity index (χ3v) is 3.14. The quantitative estimate of drug-likeness (QED) is 0.226. The Hall–Kier alpha value is -0.850. The Morgan fingerprint density at radius 1 is 0.571 bits per heavy atom. The lowest BCUT2D eigenvalue weighted by atomic mass is 10.6. The van der Waals surface area contributed by atoms with Gasteiger partial charge in [0, 0.05) is 6.54 Å². The smallest absolute Gasteiger partial charge is 0.329 e. The Kier molecular flexibility index (Phi) is 21.8. The van der Waals surface area contributed by atoms with Crippen molar-refractivity contribution in [1.82, 2.24) is 4.90 Å². The van der Waals surface area contributed by atoms with Gasteiger partial charge >= 0.3 is 5.97 Å². The van der Waals surface area contributed by atoms with Crippen LogP contribution in [0.5, 0.6) is 0 Å². The van der Waals surface area contributed by atoms with Crippen LogP contribution < -0.4 is 0 Å². The van der Waals surface area contributed by atoms with E-state index in [4.69, 9.17) is 38.3 Å². The standard InChI is InChI=1S/C18H37NO9/c1-19(2)3-4-22-5-6-23-7-8-24-9-10-25-11-12-26-13-14-27-15-16-28-17-18(20)21/h3-17H2,1-2H3,(H,20,21). The molecule has 0 aliphatic heterocycles. The lowest BCUT2D eigenvalue weighted by Crippen LogP contribution is -2.19. The molecule has 10 heteroatoms. The Labute approximate surface area is 167 Å².